The van der Waals surface area contributed by atoms with Crippen molar-refractivity contribution in [2.75, 3.05) is 39.4 Å². The van der Waals surface area contributed by atoms with Gasteiger partial charge in [-0.3, -0.25) is 9.69 Å². The van der Waals surface area contributed by atoms with Gasteiger partial charge in [0, 0.05) is 49.4 Å². The molecule has 8 nitrogen and oxygen atoms in total. The average Bonchev–Trinajstić information content (AvgIpc) is 3.38. The highest BCUT2D eigenvalue weighted by molar-refractivity contribution is 5.99. The van der Waals surface area contributed by atoms with Crippen molar-refractivity contribution in [3.63, 3.8) is 0 Å². The Bertz CT molecular complexity index is 887. The second kappa shape index (κ2) is 8.75. The number of nitrogens with zero attached hydrogens (tertiary/aromatic N) is 3. The number of carbonyl (C=O) groups excluding carboxylic acids is 1. The van der Waals surface area contributed by atoms with Gasteiger partial charge in [-0.2, -0.15) is 0 Å². The lowest BCUT2D eigenvalue weighted by Gasteiger charge is -2.31. The number of hydrogen-bond donors (Lipinski definition) is 1. The number of nitrogens with one attached hydrogen (secondary N) is 1. The van der Waals surface area contributed by atoms with Crippen molar-refractivity contribution < 1.29 is 18.8 Å². The van der Waals surface area contributed by atoms with Crippen molar-refractivity contribution in [3.05, 3.63) is 46.8 Å². The van der Waals surface area contributed by atoms with Crippen LogP contribution in [0.4, 0.5) is 0 Å². The SMILES string of the molecule is O=C1c2cccc(OCc3cc(CN4CCOCC4)no3)c2CN1C1CCCNC1. The molecule has 160 valence electrons. The minimum atomic E-state index is 0.108. The smallest absolute Gasteiger partial charge is 0.254 e. The van der Waals surface area contributed by atoms with Gasteiger partial charge in [0.2, 0.25) is 0 Å². The predicted octanol–water partition coefficient (Wildman–Crippen LogP) is 1.79. The van der Waals surface area contributed by atoms with E-state index in [1.165, 1.54) is 0 Å². The molecule has 1 aromatic carbocycles. The van der Waals surface area contributed by atoms with Gasteiger partial charge in [-0.15, -0.1) is 0 Å². The molecule has 8 heteroatoms. The maximum Gasteiger partial charge on any atom is 0.254 e. The van der Waals surface area contributed by atoms with Crippen LogP contribution in [-0.2, 0) is 24.4 Å². The van der Waals surface area contributed by atoms with Crippen molar-refractivity contribution in [1.82, 2.24) is 20.3 Å². The van der Waals surface area contributed by atoms with Crippen LogP contribution >= 0.6 is 0 Å². The number of rotatable bonds is 6. The molecule has 5 rings (SSSR count). The average molecular weight is 412 g/mol. The minimum Gasteiger partial charge on any atom is -0.485 e. The van der Waals surface area contributed by atoms with E-state index >= 15 is 0 Å². The lowest BCUT2D eigenvalue weighted by molar-refractivity contribution is 0.0332. The highest BCUT2D eigenvalue weighted by Crippen LogP contribution is 2.33. The third kappa shape index (κ3) is 4.08. The second-order valence-corrected chi connectivity index (χ2v) is 8.18. The molecule has 1 N–H and O–H groups in total. The van der Waals surface area contributed by atoms with Crippen LogP contribution in [0.3, 0.4) is 0 Å². The zero-order valence-corrected chi connectivity index (χ0v) is 17.1. The summed E-state index contributed by atoms with van der Waals surface area (Å²) in [5.41, 5.74) is 2.63. The Morgan fingerprint density at radius 3 is 3.00 bits per heavy atom. The topological polar surface area (TPSA) is 80.1 Å². The first kappa shape index (κ1) is 19.5. The van der Waals surface area contributed by atoms with Crippen molar-refractivity contribution in [3.8, 4) is 5.75 Å². The number of hydrogen-bond acceptors (Lipinski definition) is 7. The molecular formula is C22H28N4O4. The number of carbonyl (C=O) groups is 1. The number of fused-ring (bicyclic) bond motifs is 1. The van der Waals surface area contributed by atoms with Crippen molar-refractivity contribution in [2.45, 2.75) is 38.6 Å². The number of morpholine rings is 1. The molecule has 0 radical (unpaired) electrons. The third-order valence-corrected chi connectivity index (χ3v) is 6.13. The molecule has 2 saturated heterocycles. The van der Waals surface area contributed by atoms with E-state index in [4.69, 9.17) is 14.0 Å². The van der Waals surface area contributed by atoms with Crippen LogP contribution in [0.2, 0.25) is 0 Å². The highest BCUT2D eigenvalue weighted by atomic mass is 16.5. The first-order valence-corrected chi connectivity index (χ1v) is 10.8. The van der Waals surface area contributed by atoms with Crippen molar-refractivity contribution >= 4 is 5.91 Å². The van der Waals surface area contributed by atoms with Crippen molar-refractivity contribution in [1.29, 1.82) is 0 Å². The molecule has 3 aliphatic rings. The number of amides is 1. The van der Waals surface area contributed by atoms with Gasteiger partial charge in [-0.25, -0.2) is 0 Å². The molecule has 0 saturated carbocycles. The first-order valence-electron chi connectivity index (χ1n) is 10.8. The van der Waals surface area contributed by atoms with Crippen LogP contribution in [0, 0.1) is 0 Å². The van der Waals surface area contributed by atoms with E-state index in [1.807, 2.05) is 29.2 Å². The third-order valence-electron chi connectivity index (χ3n) is 6.13. The highest BCUT2D eigenvalue weighted by Gasteiger charge is 2.35. The van der Waals surface area contributed by atoms with Gasteiger partial charge in [0.15, 0.2) is 5.76 Å². The summed E-state index contributed by atoms with van der Waals surface area (Å²) >= 11 is 0. The molecule has 1 amide bonds. The summed E-state index contributed by atoms with van der Waals surface area (Å²) < 4.78 is 16.9. The van der Waals surface area contributed by atoms with Gasteiger partial charge >= 0.3 is 0 Å². The fourth-order valence-electron chi connectivity index (χ4n) is 4.49. The Labute approximate surface area is 176 Å². The van der Waals surface area contributed by atoms with E-state index in [-0.39, 0.29) is 11.9 Å². The first-order chi connectivity index (χ1) is 14.8. The number of piperidine rings is 1. The normalized spacial score (nSPS) is 22.3. The Morgan fingerprint density at radius 2 is 2.17 bits per heavy atom. The quantitative estimate of drug-likeness (QED) is 0.775. The van der Waals surface area contributed by atoms with Crippen LogP contribution in [0.15, 0.2) is 28.8 Å². The number of aromatic nitrogens is 1. The largest absolute Gasteiger partial charge is 0.485 e. The van der Waals surface area contributed by atoms with Crippen LogP contribution in [-0.4, -0.2) is 66.3 Å². The molecule has 2 aromatic rings. The molecule has 0 spiro atoms. The van der Waals surface area contributed by atoms with Crippen LogP contribution in [0.25, 0.3) is 0 Å². The number of ether oxygens (including phenoxy) is 2. The second-order valence-electron chi connectivity index (χ2n) is 8.18. The predicted molar refractivity (Wildman–Crippen MR) is 109 cm³/mol. The van der Waals surface area contributed by atoms with Gasteiger partial charge in [0.05, 0.1) is 25.5 Å². The maximum absolute atomic E-state index is 12.9. The molecule has 2 fully saturated rings. The molecule has 30 heavy (non-hydrogen) atoms. The molecule has 0 aliphatic carbocycles. The van der Waals surface area contributed by atoms with E-state index in [0.717, 1.165) is 81.3 Å². The molecule has 1 aromatic heterocycles. The number of benzene rings is 1. The van der Waals surface area contributed by atoms with E-state index in [2.05, 4.69) is 15.4 Å². The van der Waals surface area contributed by atoms with Gasteiger partial charge in [-0.05, 0) is 31.5 Å². The zero-order chi connectivity index (χ0) is 20.3. The van der Waals surface area contributed by atoms with Crippen LogP contribution in [0.5, 0.6) is 5.75 Å². The monoisotopic (exact) mass is 412 g/mol. The lowest BCUT2D eigenvalue weighted by atomic mass is 10.1. The summed E-state index contributed by atoms with van der Waals surface area (Å²) in [5, 5.41) is 7.57. The van der Waals surface area contributed by atoms with Gasteiger partial charge in [-0.1, -0.05) is 11.2 Å². The summed E-state index contributed by atoms with van der Waals surface area (Å²) in [7, 11) is 0. The summed E-state index contributed by atoms with van der Waals surface area (Å²) in [4.78, 5) is 17.2. The Hall–Kier alpha value is -2.42. The van der Waals surface area contributed by atoms with Gasteiger partial charge < -0.3 is 24.2 Å². The fraction of sp³-hybridized carbons (Fsp3) is 0.545. The molecule has 3 aliphatic heterocycles. The molecule has 1 atom stereocenters. The molecule has 0 bridgehead atoms. The van der Waals surface area contributed by atoms with E-state index in [9.17, 15) is 4.79 Å². The van der Waals surface area contributed by atoms with Gasteiger partial charge in [0.25, 0.3) is 5.91 Å². The summed E-state index contributed by atoms with van der Waals surface area (Å²) in [6.45, 7) is 6.91. The zero-order valence-electron chi connectivity index (χ0n) is 17.1. The van der Waals surface area contributed by atoms with Crippen LogP contribution < -0.4 is 10.1 Å². The summed E-state index contributed by atoms with van der Waals surface area (Å²) in [6, 6.07) is 7.92. The Morgan fingerprint density at radius 1 is 1.27 bits per heavy atom. The maximum atomic E-state index is 12.9. The van der Waals surface area contributed by atoms with Gasteiger partial charge in [0.1, 0.15) is 12.4 Å². The lowest BCUT2D eigenvalue weighted by Crippen LogP contribution is -2.46. The molecular weight excluding hydrogens is 384 g/mol. The Kier molecular flexibility index (Phi) is 5.70. The van der Waals surface area contributed by atoms with Crippen molar-refractivity contribution in [2.24, 2.45) is 0 Å². The van der Waals surface area contributed by atoms with Crippen LogP contribution in [0.1, 0.15) is 40.2 Å². The molecule has 1 unspecified atom stereocenters. The minimum absolute atomic E-state index is 0.108. The van der Waals surface area contributed by atoms with E-state index in [1.54, 1.807) is 0 Å². The molecule has 4 heterocycles. The van der Waals surface area contributed by atoms with E-state index in [0.29, 0.717) is 18.9 Å². The Balaban J connectivity index is 1.22. The summed E-state index contributed by atoms with van der Waals surface area (Å²) in [5.74, 6) is 1.54. The fourth-order valence-corrected chi connectivity index (χ4v) is 4.49. The summed E-state index contributed by atoms with van der Waals surface area (Å²) in [6.07, 6.45) is 2.15. The standard InChI is InChI=1S/C22H28N4O4/c27-22-19-4-1-5-21(20(19)14-26(22)17-3-2-6-23-12-17)29-15-18-11-16(24-30-18)13-25-7-9-28-10-8-25/h1,4-5,11,17,23H,2-3,6-10,12-15H2. The van der Waals surface area contributed by atoms with E-state index < -0.39 is 0 Å².